The zero-order valence-corrected chi connectivity index (χ0v) is 13.1. The highest BCUT2D eigenvalue weighted by Gasteiger charge is 2.17. The van der Waals surface area contributed by atoms with Gasteiger partial charge in [-0.2, -0.15) is 10.4 Å². The maximum atomic E-state index is 9.08. The van der Waals surface area contributed by atoms with Crippen molar-refractivity contribution >= 4 is 35.0 Å². The summed E-state index contributed by atoms with van der Waals surface area (Å²) in [6.07, 6.45) is 0.804. The number of aryl methyl sites for hydroxylation is 2. The monoisotopic (exact) mass is 317 g/mol. The Balaban J connectivity index is 2.41. The maximum Gasteiger partial charge on any atom is 0.184 e. The van der Waals surface area contributed by atoms with Gasteiger partial charge in [0.15, 0.2) is 10.4 Å². The van der Waals surface area contributed by atoms with Crippen LogP contribution in [0.4, 0.5) is 0 Å². The normalized spacial score (nSPS) is 11.0. The Morgan fingerprint density at radius 1 is 1.48 bits per heavy atom. The molecule has 106 valence electrons. The van der Waals surface area contributed by atoms with Crippen molar-refractivity contribution in [3.8, 4) is 11.8 Å². The van der Waals surface area contributed by atoms with Gasteiger partial charge >= 0.3 is 0 Å². The molecule has 0 saturated carbocycles. The highest BCUT2D eigenvalue weighted by Crippen LogP contribution is 2.27. The summed E-state index contributed by atoms with van der Waals surface area (Å²) in [5.74, 6) is 0. The van der Waals surface area contributed by atoms with E-state index in [4.69, 9.17) is 29.1 Å². The molecule has 0 atom stereocenters. The Bertz CT molecular complexity index is 941. The molecule has 2 aromatic heterocycles. The summed E-state index contributed by atoms with van der Waals surface area (Å²) >= 11 is 11.7. The number of aromatic amines is 1. The molecule has 0 aliphatic rings. The van der Waals surface area contributed by atoms with Crippen molar-refractivity contribution in [3.05, 3.63) is 39.3 Å². The lowest BCUT2D eigenvalue weighted by atomic mass is 10.2. The van der Waals surface area contributed by atoms with Crippen LogP contribution in [-0.4, -0.2) is 19.3 Å². The Labute approximate surface area is 131 Å². The second-order valence-corrected chi connectivity index (χ2v) is 5.46. The largest absolute Gasteiger partial charge is 0.327 e. The molecule has 5 nitrogen and oxygen atoms in total. The minimum Gasteiger partial charge on any atom is -0.327 e. The number of halogens is 1. The fraction of sp³-hybridized carbons (Fsp3) is 0.214. The van der Waals surface area contributed by atoms with Gasteiger partial charge in [-0.1, -0.05) is 18.5 Å². The molecule has 1 aromatic carbocycles. The number of rotatable bonds is 2. The van der Waals surface area contributed by atoms with E-state index in [1.165, 1.54) is 0 Å². The van der Waals surface area contributed by atoms with E-state index < -0.39 is 0 Å². The number of nitriles is 1. The number of hydrogen-bond acceptors (Lipinski definition) is 3. The summed E-state index contributed by atoms with van der Waals surface area (Å²) in [6.45, 7) is 2.04. The number of benzene rings is 1. The Morgan fingerprint density at radius 2 is 2.24 bits per heavy atom. The predicted molar refractivity (Wildman–Crippen MR) is 84.3 cm³/mol. The summed E-state index contributed by atoms with van der Waals surface area (Å²) in [5.41, 5.74) is 3.91. The van der Waals surface area contributed by atoms with Crippen molar-refractivity contribution in [2.45, 2.75) is 13.3 Å². The molecule has 0 radical (unpaired) electrons. The van der Waals surface area contributed by atoms with E-state index in [2.05, 4.69) is 16.2 Å². The van der Waals surface area contributed by atoms with E-state index in [-0.39, 0.29) is 0 Å². The Kier molecular flexibility index (Phi) is 3.32. The number of imidazole rings is 1. The second-order valence-electron chi connectivity index (χ2n) is 4.67. The van der Waals surface area contributed by atoms with Gasteiger partial charge in [0.25, 0.3) is 0 Å². The third-order valence-corrected chi connectivity index (χ3v) is 3.99. The van der Waals surface area contributed by atoms with Crippen molar-refractivity contribution in [3.63, 3.8) is 0 Å². The summed E-state index contributed by atoms with van der Waals surface area (Å²) < 4.78 is 4.13. The highest BCUT2D eigenvalue weighted by atomic mass is 35.5. The van der Waals surface area contributed by atoms with Gasteiger partial charge < -0.3 is 4.98 Å². The molecule has 2 heterocycles. The standard InChI is InChI=1S/C14H12ClN5S/c1-3-10-12-13(19(2)18-10)20(14(21)17-12)11-6-8(7-16)4-5-9(11)15/h4-6H,3H2,1-2H3,(H,17,21). The smallest absolute Gasteiger partial charge is 0.184 e. The molecular formula is C14H12ClN5S. The van der Waals surface area contributed by atoms with Crippen LogP contribution in [0.2, 0.25) is 5.02 Å². The third-order valence-electron chi connectivity index (χ3n) is 3.39. The van der Waals surface area contributed by atoms with Gasteiger partial charge in [-0.3, -0.25) is 4.57 Å². The lowest BCUT2D eigenvalue weighted by molar-refractivity contribution is 0.748. The molecule has 3 rings (SSSR count). The zero-order chi connectivity index (χ0) is 15.1. The first kappa shape index (κ1) is 13.9. The molecule has 0 fully saturated rings. The Morgan fingerprint density at radius 3 is 2.90 bits per heavy atom. The van der Waals surface area contributed by atoms with Crippen LogP contribution in [0.5, 0.6) is 0 Å². The lowest BCUT2D eigenvalue weighted by Crippen LogP contribution is -2.02. The zero-order valence-electron chi connectivity index (χ0n) is 11.5. The number of aromatic nitrogens is 4. The van der Waals surface area contributed by atoms with Gasteiger partial charge in [0, 0.05) is 7.05 Å². The second kappa shape index (κ2) is 5.02. The fourth-order valence-electron chi connectivity index (χ4n) is 2.44. The number of nitrogens with zero attached hydrogens (tertiary/aromatic N) is 4. The van der Waals surface area contributed by atoms with Crippen LogP contribution in [-0.2, 0) is 13.5 Å². The van der Waals surface area contributed by atoms with Crippen LogP contribution in [0.25, 0.3) is 16.9 Å². The van der Waals surface area contributed by atoms with Gasteiger partial charge in [-0.15, -0.1) is 0 Å². The van der Waals surface area contributed by atoms with Gasteiger partial charge in [0.1, 0.15) is 5.52 Å². The number of fused-ring (bicyclic) bond motifs is 1. The van der Waals surface area contributed by atoms with E-state index in [0.717, 1.165) is 23.3 Å². The Hall–Kier alpha value is -2.10. The highest BCUT2D eigenvalue weighted by molar-refractivity contribution is 7.71. The molecule has 0 spiro atoms. The van der Waals surface area contributed by atoms with Crippen molar-refractivity contribution in [1.82, 2.24) is 19.3 Å². The first-order valence-corrected chi connectivity index (χ1v) is 7.22. The van der Waals surface area contributed by atoms with E-state index in [1.807, 2.05) is 18.5 Å². The van der Waals surface area contributed by atoms with Crippen LogP contribution in [0.1, 0.15) is 18.2 Å². The minimum absolute atomic E-state index is 0.531. The van der Waals surface area contributed by atoms with E-state index in [9.17, 15) is 0 Å². The fourth-order valence-corrected chi connectivity index (χ4v) is 2.93. The first-order valence-electron chi connectivity index (χ1n) is 6.43. The van der Waals surface area contributed by atoms with Gasteiger partial charge in [0.05, 0.1) is 28.0 Å². The van der Waals surface area contributed by atoms with Gasteiger partial charge in [0.2, 0.25) is 0 Å². The van der Waals surface area contributed by atoms with Crippen LogP contribution in [0, 0.1) is 16.1 Å². The summed E-state index contributed by atoms with van der Waals surface area (Å²) in [7, 11) is 1.86. The molecule has 21 heavy (non-hydrogen) atoms. The van der Waals surface area contributed by atoms with Crippen molar-refractivity contribution < 1.29 is 0 Å². The number of H-pyrrole nitrogens is 1. The van der Waals surface area contributed by atoms with Crippen molar-refractivity contribution in [2.75, 3.05) is 0 Å². The maximum absolute atomic E-state index is 9.08. The first-order chi connectivity index (χ1) is 10.1. The average molecular weight is 318 g/mol. The molecule has 0 bridgehead atoms. The molecule has 0 aliphatic heterocycles. The molecule has 1 N–H and O–H groups in total. The van der Waals surface area contributed by atoms with Crippen LogP contribution in [0.3, 0.4) is 0 Å². The topological polar surface area (TPSA) is 62.3 Å². The molecule has 3 aromatic rings. The molecule has 7 heteroatoms. The summed E-state index contributed by atoms with van der Waals surface area (Å²) in [6, 6.07) is 7.22. The van der Waals surface area contributed by atoms with E-state index in [1.54, 1.807) is 22.9 Å². The van der Waals surface area contributed by atoms with Crippen LogP contribution < -0.4 is 0 Å². The molecule has 0 unspecified atom stereocenters. The van der Waals surface area contributed by atoms with Crippen molar-refractivity contribution in [1.29, 1.82) is 5.26 Å². The molecule has 0 aliphatic carbocycles. The van der Waals surface area contributed by atoms with Crippen LogP contribution in [0.15, 0.2) is 18.2 Å². The molecular weight excluding hydrogens is 306 g/mol. The third kappa shape index (κ3) is 2.06. The quantitative estimate of drug-likeness (QED) is 0.736. The van der Waals surface area contributed by atoms with Crippen LogP contribution >= 0.6 is 23.8 Å². The minimum atomic E-state index is 0.531. The number of nitrogens with one attached hydrogen (secondary N) is 1. The van der Waals surface area contributed by atoms with Gasteiger partial charge in [-0.05, 0) is 36.8 Å². The number of hydrogen-bond donors (Lipinski definition) is 1. The lowest BCUT2D eigenvalue weighted by Gasteiger charge is -2.07. The molecule has 0 amide bonds. The average Bonchev–Trinajstić information content (AvgIpc) is 2.96. The van der Waals surface area contributed by atoms with E-state index >= 15 is 0 Å². The molecule has 0 saturated heterocycles. The summed E-state index contributed by atoms with van der Waals surface area (Å²) in [4.78, 5) is 3.18. The van der Waals surface area contributed by atoms with E-state index in [0.29, 0.717) is 21.0 Å². The SMILES string of the molecule is CCc1nn(C)c2c1[nH]c(=S)n2-c1cc(C#N)ccc1Cl. The van der Waals surface area contributed by atoms with Gasteiger partial charge in [-0.25, -0.2) is 4.68 Å². The van der Waals surface area contributed by atoms with Crippen molar-refractivity contribution in [2.24, 2.45) is 7.05 Å². The predicted octanol–water partition coefficient (Wildman–Crippen LogP) is 3.51. The summed E-state index contributed by atoms with van der Waals surface area (Å²) in [5, 5.41) is 14.1.